The highest BCUT2D eigenvalue weighted by Gasteiger charge is 2.30. The van der Waals surface area contributed by atoms with E-state index in [0.717, 1.165) is 36.0 Å². The van der Waals surface area contributed by atoms with E-state index in [1.165, 1.54) is 17.2 Å². The number of rotatable bonds is 13. The Morgan fingerprint density at radius 2 is 1.60 bits per heavy atom. The number of nitrogens with zero attached hydrogens (tertiary/aromatic N) is 1. The number of sulfonamides is 1. The third-order valence-corrected chi connectivity index (χ3v) is 10.4. The first-order chi connectivity index (χ1) is 21.6. The molecule has 0 aliphatic heterocycles. The van der Waals surface area contributed by atoms with Crippen molar-refractivity contribution in [1.82, 2.24) is 9.29 Å². The van der Waals surface area contributed by atoms with Crippen molar-refractivity contribution in [2.75, 3.05) is 14.2 Å². The average Bonchev–Trinajstić information content (AvgIpc) is 3.65. The number of methoxy groups -OCH3 is 2. The number of fused-ring (bicyclic) bond motifs is 1. The zero-order valence-electron chi connectivity index (χ0n) is 26.3. The van der Waals surface area contributed by atoms with Gasteiger partial charge in [-0.15, -0.1) is 0 Å². The fraction of sp³-hybridized carbons (Fsp3) is 0.361. The molecule has 45 heavy (non-hydrogen) atoms. The van der Waals surface area contributed by atoms with Gasteiger partial charge in [-0.25, -0.2) is 13.1 Å². The molecule has 1 amide bonds. The Kier molecular flexibility index (Phi) is 9.99. The number of amides is 1. The van der Waals surface area contributed by atoms with Crippen LogP contribution in [-0.2, 0) is 40.6 Å². The first kappa shape index (κ1) is 32.3. The molecule has 238 valence electrons. The summed E-state index contributed by atoms with van der Waals surface area (Å²) in [7, 11) is -0.704. The molecule has 2 atom stereocenters. The fourth-order valence-corrected chi connectivity index (χ4v) is 7.75. The molecule has 5 rings (SSSR count). The Labute approximate surface area is 266 Å². The number of carbonyl (C=O) groups excluding carboxylic acids is 1. The molecular weight excluding hydrogens is 588 g/mol. The van der Waals surface area contributed by atoms with Gasteiger partial charge in [0, 0.05) is 36.8 Å². The molecule has 8 nitrogen and oxygen atoms in total. The highest BCUT2D eigenvalue weighted by Crippen LogP contribution is 2.39. The average molecular weight is 631 g/mol. The lowest BCUT2D eigenvalue weighted by Gasteiger charge is -2.27. The summed E-state index contributed by atoms with van der Waals surface area (Å²) >= 11 is 0. The number of hydrogen-bond acceptors (Lipinski definition) is 6. The summed E-state index contributed by atoms with van der Waals surface area (Å²) in [6.45, 7) is 4.20. The molecule has 0 saturated heterocycles. The minimum atomic E-state index is -3.94. The first-order valence-electron chi connectivity index (χ1n) is 15.3. The maximum absolute atomic E-state index is 12.7. The van der Waals surface area contributed by atoms with Crippen LogP contribution >= 0.6 is 0 Å². The molecule has 0 spiro atoms. The maximum atomic E-state index is 12.7. The Morgan fingerprint density at radius 3 is 2.22 bits per heavy atom. The molecule has 1 heterocycles. The number of aliphatic hydroxyl groups excluding tert-OH is 1. The molecule has 1 aliphatic rings. The van der Waals surface area contributed by atoms with Crippen LogP contribution in [0.5, 0.6) is 11.5 Å². The number of hydrogen-bond donors (Lipinski definition) is 2. The van der Waals surface area contributed by atoms with Crippen LogP contribution in [0, 0.1) is 25.7 Å². The third kappa shape index (κ3) is 7.60. The van der Waals surface area contributed by atoms with Crippen LogP contribution in [0.2, 0.25) is 0 Å². The lowest BCUT2D eigenvalue weighted by atomic mass is 9.85. The minimum absolute atomic E-state index is 0.0322. The van der Waals surface area contributed by atoms with Gasteiger partial charge in [0.25, 0.3) is 10.0 Å². The van der Waals surface area contributed by atoms with Gasteiger partial charge >= 0.3 is 0 Å². The van der Waals surface area contributed by atoms with Crippen LogP contribution in [0.4, 0.5) is 0 Å². The van der Waals surface area contributed by atoms with Crippen molar-refractivity contribution in [2.24, 2.45) is 11.8 Å². The molecule has 1 aliphatic carbocycles. The summed E-state index contributed by atoms with van der Waals surface area (Å²) in [5, 5.41) is 11.8. The minimum Gasteiger partial charge on any atom is -0.496 e. The van der Waals surface area contributed by atoms with Crippen LogP contribution in [0.25, 0.3) is 0 Å². The van der Waals surface area contributed by atoms with Gasteiger partial charge in [-0.05, 0) is 97.5 Å². The molecule has 0 saturated carbocycles. The van der Waals surface area contributed by atoms with Gasteiger partial charge in [-0.3, -0.25) is 4.79 Å². The molecule has 0 bridgehead atoms. The van der Waals surface area contributed by atoms with E-state index in [0.29, 0.717) is 35.9 Å². The van der Waals surface area contributed by atoms with Gasteiger partial charge in [0.2, 0.25) is 5.91 Å². The van der Waals surface area contributed by atoms with Crippen molar-refractivity contribution in [3.8, 4) is 11.5 Å². The van der Waals surface area contributed by atoms with Crippen LogP contribution in [0.1, 0.15) is 52.3 Å². The van der Waals surface area contributed by atoms with Gasteiger partial charge in [0.15, 0.2) is 0 Å². The van der Waals surface area contributed by atoms with Crippen molar-refractivity contribution in [3.05, 3.63) is 113 Å². The first-order valence-corrected chi connectivity index (χ1v) is 16.8. The lowest BCUT2D eigenvalue weighted by molar-refractivity contribution is -0.119. The van der Waals surface area contributed by atoms with Crippen molar-refractivity contribution < 1.29 is 27.8 Å². The van der Waals surface area contributed by atoms with Gasteiger partial charge < -0.3 is 19.1 Å². The quantitative estimate of drug-likeness (QED) is 0.196. The van der Waals surface area contributed by atoms with Crippen LogP contribution in [0.3, 0.4) is 0 Å². The van der Waals surface area contributed by atoms with Gasteiger partial charge in [0.1, 0.15) is 11.5 Å². The summed E-state index contributed by atoms with van der Waals surface area (Å²) in [6, 6.07) is 20.8. The second kappa shape index (κ2) is 13.9. The Morgan fingerprint density at radius 1 is 0.978 bits per heavy atom. The summed E-state index contributed by atoms with van der Waals surface area (Å²) in [6.07, 6.45) is 6.37. The molecule has 4 aromatic rings. The molecule has 0 unspecified atom stereocenters. The van der Waals surface area contributed by atoms with Crippen LogP contribution in [-0.4, -0.2) is 38.2 Å². The van der Waals surface area contributed by atoms with Crippen LogP contribution in [0.15, 0.2) is 84.0 Å². The summed E-state index contributed by atoms with van der Waals surface area (Å²) in [4.78, 5) is 12.7. The van der Waals surface area contributed by atoms with Crippen molar-refractivity contribution in [3.63, 3.8) is 0 Å². The number of aliphatic hydroxyl groups is 1. The van der Waals surface area contributed by atoms with E-state index in [1.807, 2.05) is 37.5 Å². The van der Waals surface area contributed by atoms with E-state index in [1.54, 1.807) is 39.3 Å². The molecule has 0 fully saturated rings. The lowest BCUT2D eigenvalue weighted by Crippen LogP contribution is -2.31. The number of ether oxygens (including phenoxy) is 2. The van der Waals surface area contributed by atoms with Gasteiger partial charge in [0.05, 0.1) is 25.2 Å². The monoisotopic (exact) mass is 630 g/mol. The topological polar surface area (TPSA) is 107 Å². The van der Waals surface area contributed by atoms with Crippen molar-refractivity contribution in [1.29, 1.82) is 0 Å². The Bertz CT molecular complexity index is 1710. The van der Waals surface area contributed by atoms with E-state index < -0.39 is 22.0 Å². The maximum Gasteiger partial charge on any atom is 0.264 e. The molecule has 1 aromatic heterocycles. The van der Waals surface area contributed by atoms with E-state index in [2.05, 4.69) is 33.6 Å². The second-order valence-corrected chi connectivity index (χ2v) is 13.7. The molecule has 0 radical (unpaired) electrons. The number of aryl methyl sites for hydroxylation is 2. The van der Waals surface area contributed by atoms with E-state index in [9.17, 15) is 18.3 Å². The fourth-order valence-electron chi connectivity index (χ4n) is 6.49. The standard InChI is InChI=1S/C36H42N2O6S/c1-24-9-5-8-12-34(24)45(41,42)37-35(39)14-13-26-15-16-38(22-26)23-31(19-27-17-28-10-6-7-11-29(28)18-27)36(40)30-20-32(43-3)25(2)33(21-30)44-4/h5-12,15-16,20-22,27,31,36,40H,13-14,17-19,23H2,1-4H3,(H,37,39)/t31-,36+/m0/s1. The Balaban J connectivity index is 1.29. The summed E-state index contributed by atoms with van der Waals surface area (Å²) in [5.74, 6) is 1.08. The van der Waals surface area contributed by atoms with Crippen molar-refractivity contribution >= 4 is 15.9 Å². The largest absolute Gasteiger partial charge is 0.496 e. The normalized spacial score (nSPS) is 14.5. The predicted molar refractivity (Wildman–Crippen MR) is 174 cm³/mol. The smallest absolute Gasteiger partial charge is 0.264 e. The number of benzene rings is 3. The zero-order chi connectivity index (χ0) is 32.1. The molecule has 9 heteroatoms. The van der Waals surface area contributed by atoms with E-state index in [4.69, 9.17) is 9.47 Å². The summed E-state index contributed by atoms with van der Waals surface area (Å²) in [5.41, 5.74) is 5.87. The second-order valence-electron chi connectivity index (χ2n) is 12.0. The van der Waals surface area contributed by atoms with Crippen LogP contribution < -0.4 is 14.2 Å². The number of carbonyl (C=O) groups is 1. The molecule has 2 N–H and O–H groups in total. The van der Waals surface area contributed by atoms with E-state index in [-0.39, 0.29) is 17.2 Å². The SMILES string of the molecule is COc1cc([C@@H](O)[C@@H](CC2Cc3ccccc3C2)Cn2ccc(CCC(=O)NS(=O)(=O)c3ccccc3C)c2)cc(OC)c1C. The van der Waals surface area contributed by atoms with Gasteiger partial charge in [-0.2, -0.15) is 0 Å². The predicted octanol–water partition coefficient (Wildman–Crippen LogP) is 5.71. The molecule has 3 aromatic carbocycles. The summed E-state index contributed by atoms with van der Waals surface area (Å²) < 4.78 is 40.9. The zero-order valence-corrected chi connectivity index (χ0v) is 27.1. The Hall–Kier alpha value is -4.08. The number of aromatic nitrogens is 1. The highest BCUT2D eigenvalue weighted by atomic mass is 32.2. The van der Waals surface area contributed by atoms with E-state index >= 15 is 0 Å². The van der Waals surface area contributed by atoms with Gasteiger partial charge in [-0.1, -0.05) is 42.5 Å². The molecular formula is C36H42N2O6S. The third-order valence-electron chi connectivity index (χ3n) is 8.86. The number of nitrogens with one attached hydrogen (secondary N) is 1. The van der Waals surface area contributed by atoms with Crippen molar-refractivity contribution in [2.45, 2.75) is 63.5 Å². The highest BCUT2D eigenvalue weighted by molar-refractivity contribution is 7.90.